The third-order valence-corrected chi connectivity index (χ3v) is 14.7. The molecule has 6 rings (SSSR count). The minimum Gasteiger partial charge on any atom is -0.435 e. The zero-order valence-electron chi connectivity index (χ0n) is 38.5. The van der Waals surface area contributed by atoms with Crippen LogP contribution in [0.25, 0.3) is 11.1 Å². The summed E-state index contributed by atoms with van der Waals surface area (Å²) in [5.74, 6) is 7.85. The van der Waals surface area contributed by atoms with E-state index in [1.165, 1.54) is 59.6 Å². The predicted molar refractivity (Wildman–Crippen MR) is 246 cm³/mol. The lowest BCUT2D eigenvalue weighted by Crippen LogP contribution is -2.57. The molecular weight excluding hydrogens is 724 g/mol. The Hall–Kier alpha value is -3.60. The first-order valence-electron chi connectivity index (χ1n) is 21.1. The van der Waals surface area contributed by atoms with Crippen LogP contribution in [-0.2, 0) is 12.8 Å². The van der Waals surface area contributed by atoms with Crippen molar-refractivity contribution in [3.05, 3.63) is 78.7 Å². The van der Waals surface area contributed by atoms with Gasteiger partial charge in [-0.05, 0) is 115 Å². The molecule has 0 aromatic carbocycles. The largest absolute Gasteiger partial charge is 0.737 e. The van der Waals surface area contributed by atoms with E-state index in [1.807, 2.05) is 48.5 Å². The minimum atomic E-state index is -3.85. The first kappa shape index (κ1) is 43.5. The van der Waals surface area contributed by atoms with Crippen molar-refractivity contribution < 1.29 is 17.6 Å². The Balaban J connectivity index is 0.000000228. The van der Waals surface area contributed by atoms with Gasteiger partial charge in [-0.3, -0.25) is 0 Å². The van der Waals surface area contributed by atoms with Gasteiger partial charge in [0.2, 0.25) is 0 Å². The molecule has 4 aliphatic heterocycles. The first-order valence-corrected chi connectivity index (χ1v) is 28.1. The summed E-state index contributed by atoms with van der Waals surface area (Å²) in [4.78, 5) is 0. The highest BCUT2D eigenvalue weighted by atomic mass is 28.3. The summed E-state index contributed by atoms with van der Waals surface area (Å²) in [5, 5.41) is 0. The van der Waals surface area contributed by atoms with Crippen LogP contribution in [0.1, 0.15) is 127 Å². The Morgan fingerprint density at radius 1 is 0.518 bits per heavy atom. The van der Waals surface area contributed by atoms with Crippen LogP contribution >= 0.6 is 0 Å². The summed E-state index contributed by atoms with van der Waals surface area (Å²) < 4.78 is 38.8. The number of halogens is 2. The average molecular weight is 793 g/mol. The molecule has 0 saturated carbocycles. The summed E-state index contributed by atoms with van der Waals surface area (Å²) in [6.45, 7) is 40.0. The number of nitrogens with zero attached hydrogens (tertiary/aromatic N) is 4. The van der Waals surface area contributed by atoms with Gasteiger partial charge in [-0.1, -0.05) is 67.0 Å². The van der Waals surface area contributed by atoms with Crippen molar-refractivity contribution in [1.29, 1.82) is 0 Å². The lowest BCUT2D eigenvalue weighted by Gasteiger charge is -2.39. The van der Waals surface area contributed by atoms with Crippen molar-refractivity contribution >= 4 is 52.1 Å². The smallest absolute Gasteiger partial charge is 0.435 e. The molecule has 0 aliphatic carbocycles. The molecule has 10 heteroatoms. The monoisotopic (exact) mass is 793 g/mol. The maximum atomic E-state index is 15.5. The lowest BCUT2D eigenvalue weighted by atomic mass is 9.45. The molecular formula is C46H68B2F2N4Si2. The van der Waals surface area contributed by atoms with Crippen LogP contribution in [-0.4, -0.2) is 58.9 Å². The summed E-state index contributed by atoms with van der Waals surface area (Å²) in [7, 11) is -3.25. The summed E-state index contributed by atoms with van der Waals surface area (Å²) >= 11 is 0. The molecule has 4 aliphatic rings. The number of rotatable bonds is 4. The second-order valence-corrected chi connectivity index (χ2v) is 28.2. The fourth-order valence-electron chi connectivity index (χ4n) is 10.7. The van der Waals surface area contributed by atoms with E-state index in [0.29, 0.717) is 11.4 Å². The lowest BCUT2D eigenvalue weighted by molar-refractivity contribution is -0.363. The van der Waals surface area contributed by atoms with E-state index in [9.17, 15) is 0 Å². The van der Waals surface area contributed by atoms with Gasteiger partial charge in [0, 0.05) is 58.7 Å². The number of allylic oxidation sites excluding steroid dienone is 6. The topological polar surface area (TPSA) is 15.9 Å². The van der Waals surface area contributed by atoms with E-state index in [1.54, 1.807) is 0 Å². The Morgan fingerprint density at radius 3 is 1.25 bits per heavy atom. The molecule has 2 aromatic rings. The number of hydrogen-bond donors (Lipinski definition) is 0. The Labute approximate surface area is 340 Å². The van der Waals surface area contributed by atoms with Crippen LogP contribution in [0.3, 0.4) is 0 Å². The molecule has 56 heavy (non-hydrogen) atoms. The third-order valence-electron chi connectivity index (χ3n) is 12.9. The number of fused-ring (bicyclic) bond motifs is 4. The highest BCUT2D eigenvalue weighted by molar-refractivity contribution is 6.93. The summed E-state index contributed by atoms with van der Waals surface area (Å²) in [5.41, 5.74) is 28.0. The Morgan fingerprint density at radius 2 is 0.875 bits per heavy atom. The number of hydrogen-bond acceptors (Lipinski definition) is 0. The van der Waals surface area contributed by atoms with Gasteiger partial charge in [0.15, 0.2) is 11.4 Å². The van der Waals surface area contributed by atoms with Gasteiger partial charge < -0.3 is 26.6 Å². The zero-order chi connectivity index (χ0) is 42.4. The second kappa shape index (κ2) is 14.7. The summed E-state index contributed by atoms with van der Waals surface area (Å²) in [6, 6.07) is 0. The van der Waals surface area contributed by atoms with Gasteiger partial charge in [0.05, 0.1) is 0 Å². The maximum absolute atomic E-state index is 15.5. The van der Waals surface area contributed by atoms with Crippen molar-refractivity contribution in [2.24, 2.45) is 0 Å². The molecule has 0 atom stereocenters. The average Bonchev–Trinajstić information content (AvgIpc) is 3.72. The standard InChI is InChI=1S/C28H43BN2Si2.C18H25BF2N2/c1-14-25-20(3)27-22(5)28-21(4)26(15-2)24(7)31(28)29(30(27)23(25)6,16-18-32(8,9)10)17-19-33(11,12)13;1-8-15-10(3)17-12(5)18-11(4)16(9-2)14(7)23(18)19(20,21)22(17)13(15)6/h14-15H2,1-13H3;8-9H2,1-7H3. The third kappa shape index (κ3) is 6.42. The van der Waals surface area contributed by atoms with Crippen LogP contribution in [0.15, 0.2) is 33.7 Å². The fourth-order valence-corrected chi connectivity index (χ4v) is 11.9. The SMILES string of the molecule is CCC1=C(C)C2=C(C)c3c(C)c(CC)c(C)n3[B-](C#C[Si](C)(C)C)(C#C[Si](C)(C)C)[N+]2=C1C.CCC1=C(C)C2=C(C)c3c(C)c(CC)c(C)n3[B-](F)(F)[N+]2=C1C. The van der Waals surface area contributed by atoms with Gasteiger partial charge in [0.25, 0.3) is 0 Å². The molecule has 0 fully saturated rings. The molecule has 0 spiro atoms. The van der Waals surface area contributed by atoms with E-state index in [0.717, 1.165) is 64.9 Å². The van der Waals surface area contributed by atoms with Gasteiger partial charge in [0.1, 0.15) is 27.6 Å². The zero-order valence-corrected chi connectivity index (χ0v) is 40.5. The molecule has 0 bridgehead atoms. The van der Waals surface area contributed by atoms with Crippen LogP contribution < -0.4 is 0 Å². The van der Waals surface area contributed by atoms with Crippen LogP contribution in [0.5, 0.6) is 0 Å². The normalized spacial score (nSPS) is 18.4. The Kier molecular flexibility index (Phi) is 11.4. The minimum absolute atomic E-state index is 0.707. The second-order valence-electron chi connectivity index (χ2n) is 18.7. The van der Waals surface area contributed by atoms with Crippen molar-refractivity contribution in [3.8, 4) is 22.7 Å². The van der Waals surface area contributed by atoms with Gasteiger partial charge >= 0.3 is 13.4 Å². The van der Waals surface area contributed by atoms with Crippen molar-refractivity contribution in [1.82, 2.24) is 8.96 Å². The highest BCUT2D eigenvalue weighted by Crippen LogP contribution is 2.46. The molecule has 0 N–H and O–H groups in total. The molecule has 0 amide bonds. The van der Waals surface area contributed by atoms with Gasteiger partial charge in [-0.25, -0.2) is 0 Å². The van der Waals surface area contributed by atoms with Crippen LogP contribution in [0.2, 0.25) is 39.3 Å². The van der Waals surface area contributed by atoms with Crippen LogP contribution in [0, 0.1) is 50.4 Å². The fraction of sp³-hybridized carbons (Fsp3) is 0.522. The highest BCUT2D eigenvalue weighted by Gasteiger charge is 2.56. The van der Waals surface area contributed by atoms with Crippen molar-refractivity contribution in [2.75, 3.05) is 0 Å². The first-order chi connectivity index (χ1) is 25.8. The molecule has 4 nitrogen and oxygen atoms in total. The quantitative estimate of drug-likeness (QED) is 0.217. The van der Waals surface area contributed by atoms with E-state index in [4.69, 9.17) is 0 Å². The van der Waals surface area contributed by atoms with Crippen LogP contribution in [0.4, 0.5) is 8.63 Å². The molecule has 6 heterocycles. The Bertz CT molecular complexity index is 2370. The molecule has 0 unspecified atom stereocenters. The van der Waals surface area contributed by atoms with E-state index in [-0.39, 0.29) is 0 Å². The van der Waals surface area contributed by atoms with E-state index in [2.05, 4.69) is 119 Å². The van der Waals surface area contributed by atoms with Gasteiger partial charge in [-0.15, -0.1) is 0 Å². The van der Waals surface area contributed by atoms with Gasteiger partial charge in [-0.2, -0.15) is 22.7 Å². The number of aromatic nitrogens is 2. The van der Waals surface area contributed by atoms with E-state index >= 15 is 8.63 Å². The molecule has 0 saturated heterocycles. The molecule has 300 valence electrons. The maximum Gasteiger partial charge on any atom is 0.737 e. The molecule has 2 aromatic heterocycles. The molecule has 0 radical (unpaired) electrons. The summed E-state index contributed by atoms with van der Waals surface area (Å²) in [6.07, 6.45) is 2.00. The van der Waals surface area contributed by atoms with E-state index < -0.39 is 29.5 Å². The predicted octanol–water partition coefficient (Wildman–Crippen LogP) is 11.6. The van der Waals surface area contributed by atoms with Crippen molar-refractivity contribution in [2.45, 2.75) is 162 Å². The van der Waals surface area contributed by atoms with Crippen molar-refractivity contribution in [3.63, 3.8) is 0 Å².